The zero-order valence-electron chi connectivity index (χ0n) is 7.21. The fourth-order valence-corrected chi connectivity index (χ4v) is 1.50. The summed E-state index contributed by atoms with van der Waals surface area (Å²) in [6.07, 6.45) is 1.27. The molecule has 13 heavy (non-hydrogen) atoms. The number of halogens is 1. The van der Waals surface area contributed by atoms with Crippen LogP contribution in [0.5, 0.6) is 5.75 Å². The zero-order chi connectivity index (χ0) is 9.47. The van der Waals surface area contributed by atoms with E-state index in [1.54, 1.807) is 13.0 Å². The van der Waals surface area contributed by atoms with Gasteiger partial charge in [0.1, 0.15) is 11.6 Å². The lowest BCUT2D eigenvalue weighted by Gasteiger charge is -2.14. The normalized spacial score (nSPS) is 25.1. The Balaban J connectivity index is 2.40. The molecule has 1 aliphatic heterocycles. The second kappa shape index (κ2) is 2.55. The zero-order valence-corrected chi connectivity index (χ0v) is 7.21. The van der Waals surface area contributed by atoms with E-state index in [4.69, 9.17) is 4.74 Å². The fraction of sp³-hybridized carbons (Fsp3) is 0.300. The van der Waals surface area contributed by atoms with Crippen molar-refractivity contribution >= 4 is 6.29 Å². The van der Waals surface area contributed by atoms with Crippen LogP contribution in [0.2, 0.25) is 0 Å². The van der Waals surface area contributed by atoms with Gasteiger partial charge < -0.3 is 4.74 Å². The summed E-state index contributed by atoms with van der Waals surface area (Å²) in [6.45, 7) is 1.69. The van der Waals surface area contributed by atoms with Crippen LogP contribution in [0.1, 0.15) is 12.5 Å². The minimum atomic E-state index is -0.809. The number of carbonyl (C=O) groups is 1. The van der Waals surface area contributed by atoms with Crippen LogP contribution in [0.3, 0.4) is 0 Å². The quantitative estimate of drug-likeness (QED) is 0.615. The molecule has 0 N–H and O–H groups in total. The van der Waals surface area contributed by atoms with Crippen molar-refractivity contribution < 1.29 is 13.9 Å². The Morgan fingerprint density at radius 1 is 1.62 bits per heavy atom. The van der Waals surface area contributed by atoms with Crippen molar-refractivity contribution in [1.29, 1.82) is 0 Å². The van der Waals surface area contributed by atoms with Crippen molar-refractivity contribution in [2.45, 2.75) is 18.9 Å². The van der Waals surface area contributed by atoms with Crippen molar-refractivity contribution in [1.82, 2.24) is 0 Å². The lowest BCUT2D eigenvalue weighted by molar-refractivity contribution is -0.118. The Morgan fingerprint density at radius 2 is 2.38 bits per heavy atom. The van der Waals surface area contributed by atoms with Crippen LogP contribution in [-0.2, 0) is 11.2 Å². The van der Waals surface area contributed by atoms with Gasteiger partial charge in [0.2, 0.25) is 0 Å². The number of hydrogen-bond acceptors (Lipinski definition) is 2. The molecule has 2 rings (SSSR count). The van der Waals surface area contributed by atoms with Crippen LogP contribution >= 0.6 is 0 Å². The van der Waals surface area contributed by atoms with E-state index in [0.717, 1.165) is 11.8 Å². The minimum Gasteiger partial charge on any atom is -0.479 e. The molecule has 0 radical (unpaired) electrons. The number of aldehydes is 1. The average Bonchev–Trinajstić information content (AvgIpc) is 2.42. The molecule has 0 aliphatic carbocycles. The summed E-state index contributed by atoms with van der Waals surface area (Å²) < 4.78 is 18.1. The van der Waals surface area contributed by atoms with E-state index in [1.807, 2.05) is 0 Å². The van der Waals surface area contributed by atoms with Crippen LogP contribution in [0, 0.1) is 5.82 Å². The van der Waals surface area contributed by atoms with E-state index in [9.17, 15) is 9.18 Å². The van der Waals surface area contributed by atoms with Crippen LogP contribution in [0.15, 0.2) is 18.2 Å². The smallest absolute Gasteiger partial charge is 0.165 e. The Bertz CT molecular complexity index is 362. The maximum absolute atomic E-state index is 12.7. The summed E-state index contributed by atoms with van der Waals surface area (Å²) in [7, 11) is 0. The lowest BCUT2D eigenvalue weighted by Crippen LogP contribution is -2.31. The Hall–Kier alpha value is -1.38. The SMILES string of the molecule is CC1(C=O)Cc2ccc(F)cc2O1. The molecule has 1 aromatic carbocycles. The molecule has 1 heterocycles. The summed E-state index contributed by atoms with van der Waals surface area (Å²) in [5.74, 6) is 0.142. The van der Waals surface area contributed by atoms with Crippen molar-refractivity contribution in [3.05, 3.63) is 29.6 Å². The van der Waals surface area contributed by atoms with Gasteiger partial charge in [0.05, 0.1) is 0 Å². The van der Waals surface area contributed by atoms with E-state index in [1.165, 1.54) is 12.1 Å². The highest BCUT2D eigenvalue weighted by molar-refractivity contribution is 5.66. The second-order valence-corrected chi connectivity index (χ2v) is 3.46. The Labute approximate surface area is 75.3 Å². The van der Waals surface area contributed by atoms with Crippen LogP contribution < -0.4 is 4.74 Å². The number of rotatable bonds is 1. The van der Waals surface area contributed by atoms with Crippen molar-refractivity contribution in [2.24, 2.45) is 0 Å². The summed E-state index contributed by atoms with van der Waals surface area (Å²) in [5.41, 5.74) is 0.0758. The van der Waals surface area contributed by atoms with Gasteiger partial charge in [-0.2, -0.15) is 0 Å². The van der Waals surface area contributed by atoms with E-state index in [0.29, 0.717) is 12.2 Å². The molecule has 0 fully saturated rings. The maximum Gasteiger partial charge on any atom is 0.165 e. The first-order valence-electron chi connectivity index (χ1n) is 4.07. The fourth-order valence-electron chi connectivity index (χ4n) is 1.50. The highest BCUT2D eigenvalue weighted by Crippen LogP contribution is 2.34. The first-order chi connectivity index (χ1) is 6.13. The molecule has 1 unspecified atom stereocenters. The molecule has 0 saturated carbocycles. The third kappa shape index (κ3) is 1.30. The first-order valence-corrected chi connectivity index (χ1v) is 4.07. The number of fused-ring (bicyclic) bond motifs is 1. The molecular weight excluding hydrogens is 171 g/mol. The second-order valence-electron chi connectivity index (χ2n) is 3.46. The minimum absolute atomic E-state index is 0.339. The molecule has 1 atom stereocenters. The van der Waals surface area contributed by atoms with Gasteiger partial charge in [0.15, 0.2) is 11.9 Å². The molecule has 3 heteroatoms. The van der Waals surface area contributed by atoms with Gasteiger partial charge in [-0.05, 0) is 18.6 Å². The third-order valence-electron chi connectivity index (χ3n) is 2.16. The predicted octanol–water partition coefficient (Wildman–Crippen LogP) is 1.72. The van der Waals surface area contributed by atoms with Gasteiger partial charge in [-0.25, -0.2) is 4.39 Å². The van der Waals surface area contributed by atoms with Gasteiger partial charge in [0, 0.05) is 12.5 Å². The summed E-state index contributed by atoms with van der Waals surface area (Å²) in [5, 5.41) is 0. The first kappa shape index (κ1) is 8.23. The van der Waals surface area contributed by atoms with E-state index >= 15 is 0 Å². The molecule has 0 saturated heterocycles. The van der Waals surface area contributed by atoms with Crippen molar-refractivity contribution in [3.8, 4) is 5.75 Å². The van der Waals surface area contributed by atoms with Crippen molar-refractivity contribution in [2.75, 3.05) is 0 Å². The molecule has 0 spiro atoms. The van der Waals surface area contributed by atoms with Gasteiger partial charge in [-0.3, -0.25) is 4.79 Å². The standard InChI is InChI=1S/C10H9FO2/c1-10(6-12)5-7-2-3-8(11)4-9(7)13-10/h2-4,6H,5H2,1H3. The van der Waals surface area contributed by atoms with Crippen LogP contribution in [0.4, 0.5) is 4.39 Å². The molecular formula is C10H9FO2. The van der Waals surface area contributed by atoms with Gasteiger partial charge in [0.25, 0.3) is 0 Å². The Kier molecular flexibility index (Phi) is 1.62. The molecule has 0 amide bonds. The van der Waals surface area contributed by atoms with Gasteiger partial charge in [-0.1, -0.05) is 6.07 Å². The van der Waals surface area contributed by atoms with E-state index in [2.05, 4.69) is 0 Å². The highest BCUT2D eigenvalue weighted by Gasteiger charge is 2.34. The topological polar surface area (TPSA) is 26.3 Å². The number of benzene rings is 1. The molecule has 0 bridgehead atoms. The summed E-state index contributed by atoms with van der Waals surface area (Å²) in [4.78, 5) is 10.7. The monoisotopic (exact) mass is 180 g/mol. The molecule has 1 aliphatic rings. The van der Waals surface area contributed by atoms with Crippen LogP contribution in [-0.4, -0.2) is 11.9 Å². The molecule has 2 nitrogen and oxygen atoms in total. The largest absolute Gasteiger partial charge is 0.479 e. The summed E-state index contributed by atoms with van der Waals surface area (Å²) >= 11 is 0. The highest BCUT2D eigenvalue weighted by atomic mass is 19.1. The molecule has 1 aromatic rings. The van der Waals surface area contributed by atoms with Crippen molar-refractivity contribution in [3.63, 3.8) is 0 Å². The molecule has 0 aromatic heterocycles. The lowest BCUT2D eigenvalue weighted by atomic mass is 10.0. The van der Waals surface area contributed by atoms with E-state index in [-0.39, 0.29) is 5.82 Å². The summed E-state index contributed by atoms with van der Waals surface area (Å²) in [6, 6.07) is 4.34. The maximum atomic E-state index is 12.7. The van der Waals surface area contributed by atoms with E-state index < -0.39 is 5.60 Å². The average molecular weight is 180 g/mol. The Morgan fingerprint density at radius 3 is 3.08 bits per heavy atom. The predicted molar refractivity (Wildman–Crippen MR) is 45.2 cm³/mol. The van der Waals surface area contributed by atoms with Crippen LogP contribution in [0.25, 0.3) is 0 Å². The van der Waals surface area contributed by atoms with Gasteiger partial charge >= 0.3 is 0 Å². The number of hydrogen-bond donors (Lipinski definition) is 0. The molecule has 68 valence electrons. The van der Waals surface area contributed by atoms with Gasteiger partial charge in [-0.15, -0.1) is 0 Å². The third-order valence-corrected chi connectivity index (χ3v) is 2.16. The number of carbonyl (C=O) groups excluding carboxylic acids is 1. The number of ether oxygens (including phenoxy) is 1.